The first kappa shape index (κ1) is 11.0. The largest absolute Gasteiger partial charge is 0.366 e. The Kier molecular flexibility index (Phi) is 2.93. The van der Waals surface area contributed by atoms with Crippen molar-refractivity contribution in [3.63, 3.8) is 0 Å². The summed E-state index contributed by atoms with van der Waals surface area (Å²) in [7, 11) is 0. The van der Waals surface area contributed by atoms with Crippen LogP contribution in [0.3, 0.4) is 0 Å². The van der Waals surface area contributed by atoms with Crippen molar-refractivity contribution >= 4 is 5.91 Å². The summed E-state index contributed by atoms with van der Waals surface area (Å²) in [5.41, 5.74) is 8.21. The van der Waals surface area contributed by atoms with E-state index in [4.69, 9.17) is 12.2 Å². The molecule has 82 valence electrons. The Balaban J connectivity index is 2.69. The number of hydrogen-bond donors (Lipinski definition) is 1. The molecule has 0 fully saturated rings. The number of rotatable bonds is 2. The Morgan fingerprint density at radius 1 is 1.00 bits per heavy atom. The van der Waals surface area contributed by atoms with E-state index in [1.54, 1.807) is 12.1 Å². The fourth-order valence-electron chi connectivity index (χ4n) is 1.78. The SMILES string of the molecule is C#Cc1ccccc1-c1ccccc1C(N)=O. The van der Waals surface area contributed by atoms with Gasteiger partial charge in [0.15, 0.2) is 0 Å². The summed E-state index contributed by atoms with van der Waals surface area (Å²) in [6, 6.07) is 14.7. The van der Waals surface area contributed by atoms with Crippen LogP contribution in [0.4, 0.5) is 0 Å². The molecule has 0 aromatic heterocycles. The standard InChI is InChI=1S/C15H11NO/c1-2-11-7-3-4-8-12(11)13-9-5-6-10-14(13)15(16)17/h1,3-10H,(H2,16,17). The number of primary amides is 1. The molecule has 2 heteroatoms. The zero-order valence-electron chi connectivity index (χ0n) is 9.18. The molecule has 0 aliphatic rings. The lowest BCUT2D eigenvalue weighted by Gasteiger charge is -2.08. The van der Waals surface area contributed by atoms with Gasteiger partial charge in [-0.25, -0.2) is 0 Å². The van der Waals surface area contributed by atoms with E-state index < -0.39 is 5.91 Å². The Morgan fingerprint density at radius 3 is 2.24 bits per heavy atom. The van der Waals surface area contributed by atoms with E-state index in [-0.39, 0.29) is 0 Å². The third-order valence-electron chi connectivity index (χ3n) is 2.57. The summed E-state index contributed by atoms with van der Waals surface area (Å²) in [6.07, 6.45) is 5.45. The number of nitrogens with two attached hydrogens (primary N) is 1. The first-order valence-electron chi connectivity index (χ1n) is 5.19. The van der Waals surface area contributed by atoms with Crippen molar-refractivity contribution in [1.82, 2.24) is 0 Å². The fourth-order valence-corrected chi connectivity index (χ4v) is 1.78. The number of terminal acetylenes is 1. The molecule has 0 radical (unpaired) electrons. The zero-order chi connectivity index (χ0) is 12.3. The Bertz CT molecular complexity index is 608. The van der Waals surface area contributed by atoms with Gasteiger partial charge >= 0.3 is 0 Å². The molecule has 0 saturated carbocycles. The normalized spacial score (nSPS) is 9.59. The summed E-state index contributed by atoms with van der Waals surface area (Å²) in [6.45, 7) is 0. The molecule has 0 atom stereocenters. The quantitative estimate of drug-likeness (QED) is 0.777. The van der Waals surface area contributed by atoms with E-state index in [1.165, 1.54) is 0 Å². The van der Waals surface area contributed by atoms with Crippen LogP contribution in [0.1, 0.15) is 15.9 Å². The van der Waals surface area contributed by atoms with Crippen molar-refractivity contribution in [1.29, 1.82) is 0 Å². The van der Waals surface area contributed by atoms with Crippen molar-refractivity contribution in [2.45, 2.75) is 0 Å². The number of benzene rings is 2. The van der Waals surface area contributed by atoms with Crippen LogP contribution < -0.4 is 5.73 Å². The molecular formula is C15H11NO. The molecule has 1 amide bonds. The van der Waals surface area contributed by atoms with Gasteiger partial charge in [-0.1, -0.05) is 42.3 Å². The summed E-state index contributed by atoms with van der Waals surface area (Å²) in [5.74, 6) is 2.16. The maximum absolute atomic E-state index is 11.4. The monoisotopic (exact) mass is 221 g/mol. The highest BCUT2D eigenvalue weighted by Gasteiger charge is 2.10. The molecule has 2 rings (SSSR count). The molecule has 2 aromatic rings. The molecule has 0 bridgehead atoms. The third kappa shape index (κ3) is 2.04. The van der Waals surface area contributed by atoms with E-state index in [1.807, 2.05) is 36.4 Å². The maximum Gasteiger partial charge on any atom is 0.249 e. The molecule has 2 aromatic carbocycles. The molecule has 0 heterocycles. The van der Waals surface area contributed by atoms with E-state index in [0.717, 1.165) is 16.7 Å². The van der Waals surface area contributed by atoms with Crippen molar-refractivity contribution in [2.75, 3.05) is 0 Å². The average Bonchev–Trinajstić information content (AvgIpc) is 2.38. The Labute approximate surface area is 100 Å². The lowest BCUT2D eigenvalue weighted by atomic mass is 9.95. The second kappa shape index (κ2) is 4.54. The van der Waals surface area contributed by atoms with Crippen LogP contribution in [0, 0.1) is 12.3 Å². The molecule has 0 saturated heterocycles. The van der Waals surface area contributed by atoms with E-state index in [9.17, 15) is 4.79 Å². The second-order valence-corrected chi connectivity index (χ2v) is 3.60. The van der Waals surface area contributed by atoms with Gasteiger partial charge in [-0.15, -0.1) is 6.42 Å². The first-order valence-corrected chi connectivity index (χ1v) is 5.19. The predicted octanol–water partition coefficient (Wildman–Crippen LogP) is 2.43. The van der Waals surface area contributed by atoms with Gasteiger partial charge in [0, 0.05) is 11.1 Å². The predicted molar refractivity (Wildman–Crippen MR) is 68.3 cm³/mol. The van der Waals surface area contributed by atoms with Gasteiger partial charge in [0.2, 0.25) is 5.91 Å². The van der Waals surface area contributed by atoms with Gasteiger partial charge in [0.25, 0.3) is 0 Å². The minimum Gasteiger partial charge on any atom is -0.366 e. The summed E-state index contributed by atoms with van der Waals surface area (Å²) in [4.78, 5) is 11.4. The number of hydrogen-bond acceptors (Lipinski definition) is 1. The molecule has 0 spiro atoms. The topological polar surface area (TPSA) is 43.1 Å². The van der Waals surface area contributed by atoms with Crippen LogP contribution in [0.25, 0.3) is 11.1 Å². The van der Waals surface area contributed by atoms with Crippen molar-refractivity contribution in [2.24, 2.45) is 5.73 Å². The molecule has 0 aliphatic heterocycles. The van der Waals surface area contributed by atoms with Gasteiger partial charge in [0.05, 0.1) is 0 Å². The Morgan fingerprint density at radius 2 is 1.59 bits per heavy atom. The molecular weight excluding hydrogens is 210 g/mol. The highest BCUT2D eigenvalue weighted by atomic mass is 16.1. The van der Waals surface area contributed by atoms with Crippen molar-refractivity contribution < 1.29 is 4.79 Å². The fraction of sp³-hybridized carbons (Fsp3) is 0. The lowest BCUT2D eigenvalue weighted by Crippen LogP contribution is -2.12. The number of carbonyl (C=O) groups is 1. The van der Waals surface area contributed by atoms with Gasteiger partial charge in [-0.3, -0.25) is 4.79 Å². The average molecular weight is 221 g/mol. The summed E-state index contributed by atoms with van der Waals surface area (Å²) >= 11 is 0. The summed E-state index contributed by atoms with van der Waals surface area (Å²) in [5, 5.41) is 0. The van der Waals surface area contributed by atoms with Crippen LogP contribution in [0.5, 0.6) is 0 Å². The summed E-state index contributed by atoms with van der Waals surface area (Å²) < 4.78 is 0. The molecule has 0 aliphatic carbocycles. The van der Waals surface area contributed by atoms with Crippen molar-refractivity contribution in [3.8, 4) is 23.5 Å². The number of amides is 1. The van der Waals surface area contributed by atoms with Crippen molar-refractivity contribution in [3.05, 3.63) is 59.7 Å². The molecule has 2 N–H and O–H groups in total. The molecule has 2 nitrogen and oxygen atoms in total. The first-order chi connectivity index (χ1) is 8.24. The van der Waals surface area contributed by atoms with Gasteiger partial charge in [-0.2, -0.15) is 0 Å². The van der Waals surface area contributed by atoms with Gasteiger partial charge in [-0.05, 0) is 23.3 Å². The van der Waals surface area contributed by atoms with Crippen LogP contribution in [0.2, 0.25) is 0 Å². The highest BCUT2D eigenvalue weighted by Crippen LogP contribution is 2.26. The minimum atomic E-state index is -0.451. The van der Waals surface area contributed by atoms with Crippen LogP contribution in [0.15, 0.2) is 48.5 Å². The van der Waals surface area contributed by atoms with Gasteiger partial charge < -0.3 is 5.73 Å². The van der Waals surface area contributed by atoms with Crippen LogP contribution >= 0.6 is 0 Å². The maximum atomic E-state index is 11.4. The molecule has 17 heavy (non-hydrogen) atoms. The van der Waals surface area contributed by atoms with Gasteiger partial charge in [0.1, 0.15) is 0 Å². The van der Waals surface area contributed by atoms with E-state index in [0.29, 0.717) is 5.56 Å². The number of carbonyl (C=O) groups excluding carboxylic acids is 1. The van der Waals surface area contributed by atoms with Crippen LogP contribution in [-0.2, 0) is 0 Å². The van der Waals surface area contributed by atoms with Crippen LogP contribution in [-0.4, -0.2) is 5.91 Å². The Hall–Kier alpha value is -2.53. The molecule has 0 unspecified atom stereocenters. The third-order valence-corrected chi connectivity index (χ3v) is 2.57. The smallest absolute Gasteiger partial charge is 0.249 e. The zero-order valence-corrected chi connectivity index (χ0v) is 9.18. The lowest BCUT2D eigenvalue weighted by molar-refractivity contribution is 0.100. The van der Waals surface area contributed by atoms with E-state index >= 15 is 0 Å². The van der Waals surface area contributed by atoms with E-state index in [2.05, 4.69) is 5.92 Å². The second-order valence-electron chi connectivity index (χ2n) is 3.60. The minimum absolute atomic E-state index is 0.451. The highest BCUT2D eigenvalue weighted by molar-refractivity contribution is 6.00.